The first-order chi connectivity index (χ1) is 10.2. The number of hydrogen-bond acceptors (Lipinski definition) is 3. The number of benzene rings is 1. The van der Waals surface area contributed by atoms with Crippen LogP contribution in [0.1, 0.15) is 31.2 Å². The van der Waals surface area contributed by atoms with Gasteiger partial charge in [0.05, 0.1) is 12.3 Å². The minimum absolute atomic E-state index is 0.194. The standard InChI is InChI=1S/C17H23FN2O/c1-3-20(4-2)16(17-9-6-10-21-17)13-19-12-14-7-5-8-15(18)11-14/h5-11,16,19H,3-4,12-13H2,1-2H3. The van der Waals surface area contributed by atoms with Crippen molar-refractivity contribution in [1.29, 1.82) is 0 Å². The van der Waals surface area contributed by atoms with Crippen LogP contribution in [0, 0.1) is 5.82 Å². The van der Waals surface area contributed by atoms with Gasteiger partial charge in [0.15, 0.2) is 0 Å². The molecule has 0 aliphatic carbocycles. The average molecular weight is 290 g/mol. The second kappa shape index (κ2) is 7.96. The summed E-state index contributed by atoms with van der Waals surface area (Å²) in [6.07, 6.45) is 1.71. The first-order valence-corrected chi connectivity index (χ1v) is 7.47. The molecule has 1 unspecified atom stereocenters. The van der Waals surface area contributed by atoms with Gasteiger partial charge in [-0.25, -0.2) is 4.39 Å². The van der Waals surface area contributed by atoms with Crippen LogP contribution in [-0.2, 0) is 6.54 Å². The molecule has 4 heteroatoms. The summed E-state index contributed by atoms with van der Waals surface area (Å²) in [7, 11) is 0. The van der Waals surface area contributed by atoms with Gasteiger partial charge in [-0.2, -0.15) is 0 Å². The van der Waals surface area contributed by atoms with E-state index in [-0.39, 0.29) is 11.9 Å². The third-order valence-corrected chi connectivity index (χ3v) is 3.68. The van der Waals surface area contributed by atoms with Crippen LogP contribution in [0.2, 0.25) is 0 Å². The van der Waals surface area contributed by atoms with Crippen LogP contribution < -0.4 is 5.32 Å². The number of rotatable bonds is 8. The lowest BCUT2D eigenvalue weighted by Crippen LogP contribution is -2.35. The van der Waals surface area contributed by atoms with Gasteiger partial charge < -0.3 is 9.73 Å². The molecule has 1 N–H and O–H groups in total. The zero-order chi connectivity index (χ0) is 15.1. The molecule has 1 aromatic heterocycles. The molecule has 0 aliphatic heterocycles. The van der Waals surface area contributed by atoms with Gasteiger partial charge in [-0.05, 0) is 42.9 Å². The smallest absolute Gasteiger partial charge is 0.123 e. The molecule has 0 spiro atoms. The second-order valence-electron chi connectivity index (χ2n) is 5.01. The topological polar surface area (TPSA) is 28.4 Å². The van der Waals surface area contributed by atoms with Crippen LogP contribution in [0.25, 0.3) is 0 Å². The SMILES string of the molecule is CCN(CC)C(CNCc1cccc(F)c1)c1ccco1. The van der Waals surface area contributed by atoms with Gasteiger partial charge in [-0.3, -0.25) is 4.90 Å². The molecular formula is C17H23FN2O. The van der Waals surface area contributed by atoms with E-state index in [1.165, 1.54) is 6.07 Å². The van der Waals surface area contributed by atoms with E-state index in [2.05, 4.69) is 24.1 Å². The van der Waals surface area contributed by atoms with Gasteiger partial charge in [0.25, 0.3) is 0 Å². The van der Waals surface area contributed by atoms with Crippen molar-refractivity contribution in [1.82, 2.24) is 10.2 Å². The van der Waals surface area contributed by atoms with Crippen molar-refractivity contribution in [3.8, 4) is 0 Å². The Morgan fingerprint density at radius 2 is 2.00 bits per heavy atom. The Kier molecular flexibility index (Phi) is 5.96. The van der Waals surface area contributed by atoms with E-state index >= 15 is 0 Å². The second-order valence-corrected chi connectivity index (χ2v) is 5.01. The molecule has 0 saturated heterocycles. The summed E-state index contributed by atoms with van der Waals surface area (Å²) >= 11 is 0. The maximum absolute atomic E-state index is 13.2. The number of furan rings is 1. The Hall–Kier alpha value is -1.65. The van der Waals surface area contributed by atoms with E-state index in [4.69, 9.17) is 4.42 Å². The van der Waals surface area contributed by atoms with Crippen molar-refractivity contribution in [2.24, 2.45) is 0 Å². The molecule has 0 saturated carbocycles. The third kappa shape index (κ3) is 4.41. The average Bonchev–Trinajstić information content (AvgIpc) is 3.01. The van der Waals surface area contributed by atoms with E-state index in [9.17, 15) is 4.39 Å². The summed E-state index contributed by atoms with van der Waals surface area (Å²) in [5.74, 6) is 0.770. The molecule has 1 heterocycles. The lowest BCUT2D eigenvalue weighted by molar-refractivity contribution is 0.188. The number of hydrogen-bond donors (Lipinski definition) is 1. The Morgan fingerprint density at radius 1 is 1.19 bits per heavy atom. The molecule has 1 atom stereocenters. The van der Waals surface area contributed by atoms with Gasteiger partial charge >= 0.3 is 0 Å². The minimum atomic E-state index is -0.194. The van der Waals surface area contributed by atoms with Crippen LogP contribution in [0.3, 0.4) is 0 Å². The van der Waals surface area contributed by atoms with E-state index in [0.717, 1.165) is 31.0 Å². The lowest BCUT2D eigenvalue weighted by Gasteiger charge is -2.28. The van der Waals surface area contributed by atoms with Crippen molar-refractivity contribution in [3.05, 3.63) is 59.8 Å². The zero-order valence-corrected chi connectivity index (χ0v) is 12.7. The van der Waals surface area contributed by atoms with E-state index < -0.39 is 0 Å². The fourth-order valence-electron chi connectivity index (χ4n) is 2.56. The van der Waals surface area contributed by atoms with Crippen molar-refractivity contribution in [3.63, 3.8) is 0 Å². The van der Waals surface area contributed by atoms with Gasteiger partial charge in [0.1, 0.15) is 11.6 Å². The van der Waals surface area contributed by atoms with Crippen LogP contribution in [0.5, 0.6) is 0 Å². The summed E-state index contributed by atoms with van der Waals surface area (Å²) < 4.78 is 18.7. The highest BCUT2D eigenvalue weighted by molar-refractivity contribution is 5.16. The van der Waals surface area contributed by atoms with Crippen molar-refractivity contribution in [2.75, 3.05) is 19.6 Å². The zero-order valence-electron chi connectivity index (χ0n) is 12.7. The van der Waals surface area contributed by atoms with Crippen LogP contribution in [-0.4, -0.2) is 24.5 Å². The maximum Gasteiger partial charge on any atom is 0.123 e. The summed E-state index contributed by atoms with van der Waals surface area (Å²) in [4.78, 5) is 2.34. The van der Waals surface area contributed by atoms with Crippen molar-refractivity contribution >= 4 is 0 Å². The number of halogens is 1. The molecule has 21 heavy (non-hydrogen) atoms. The van der Waals surface area contributed by atoms with Crippen LogP contribution >= 0.6 is 0 Å². The van der Waals surface area contributed by atoms with E-state index in [0.29, 0.717) is 6.54 Å². The lowest BCUT2D eigenvalue weighted by atomic mass is 10.1. The Balaban J connectivity index is 1.96. The number of nitrogens with one attached hydrogen (secondary N) is 1. The highest BCUT2D eigenvalue weighted by atomic mass is 19.1. The predicted molar refractivity (Wildman–Crippen MR) is 82.5 cm³/mol. The molecule has 1 aromatic carbocycles. The van der Waals surface area contributed by atoms with E-state index in [1.807, 2.05) is 18.2 Å². The predicted octanol–water partition coefficient (Wildman–Crippen LogP) is 3.59. The fourth-order valence-corrected chi connectivity index (χ4v) is 2.56. The Morgan fingerprint density at radius 3 is 2.62 bits per heavy atom. The molecule has 0 fully saturated rings. The molecule has 0 bridgehead atoms. The molecule has 3 nitrogen and oxygen atoms in total. The van der Waals surface area contributed by atoms with Crippen molar-refractivity contribution < 1.29 is 8.81 Å². The largest absolute Gasteiger partial charge is 0.468 e. The van der Waals surface area contributed by atoms with Gasteiger partial charge in [0.2, 0.25) is 0 Å². The first-order valence-electron chi connectivity index (χ1n) is 7.47. The number of nitrogens with zero attached hydrogens (tertiary/aromatic N) is 1. The summed E-state index contributed by atoms with van der Waals surface area (Å²) in [5, 5.41) is 3.40. The van der Waals surface area contributed by atoms with Gasteiger partial charge in [-0.15, -0.1) is 0 Å². The van der Waals surface area contributed by atoms with Crippen LogP contribution in [0.4, 0.5) is 4.39 Å². The molecule has 0 amide bonds. The summed E-state index contributed by atoms with van der Waals surface area (Å²) in [6.45, 7) is 7.63. The summed E-state index contributed by atoms with van der Waals surface area (Å²) in [6, 6.07) is 10.8. The Bertz CT molecular complexity index is 523. The molecule has 0 aliphatic rings. The minimum Gasteiger partial charge on any atom is -0.468 e. The quantitative estimate of drug-likeness (QED) is 0.805. The van der Waals surface area contributed by atoms with Crippen molar-refractivity contribution in [2.45, 2.75) is 26.4 Å². The van der Waals surface area contributed by atoms with E-state index in [1.54, 1.807) is 18.4 Å². The highest BCUT2D eigenvalue weighted by Gasteiger charge is 2.19. The molecular weight excluding hydrogens is 267 g/mol. The normalized spacial score (nSPS) is 12.8. The van der Waals surface area contributed by atoms with Gasteiger partial charge in [-0.1, -0.05) is 26.0 Å². The first kappa shape index (κ1) is 15.7. The molecule has 114 valence electrons. The fraction of sp³-hybridized carbons (Fsp3) is 0.412. The molecule has 2 rings (SSSR count). The summed E-state index contributed by atoms with van der Waals surface area (Å²) in [5.41, 5.74) is 0.952. The Labute approximate surface area is 125 Å². The van der Waals surface area contributed by atoms with Gasteiger partial charge in [0, 0.05) is 13.1 Å². The van der Waals surface area contributed by atoms with Crippen LogP contribution in [0.15, 0.2) is 47.1 Å². The highest BCUT2D eigenvalue weighted by Crippen LogP contribution is 2.20. The molecule has 0 radical (unpaired) electrons. The third-order valence-electron chi connectivity index (χ3n) is 3.68. The maximum atomic E-state index is 13.2. The monoisotopic (exact) mass is 290 g/mol. The number of likely N-dealkylation sites (N-methyl/N-ethyl adjacent to an activating group) is 1. The molecule has 2 aromatic rings.